The average Bonchev–Trinajstić information content (AvgIpc) is 3.66. The van der Waals surface area contributed by atoms with Crippen LogP contribution in [0.5, 0.6) is 0 Å². The molecule has 5 heterocycles. The van der Waals surface area contributed by atoms with Crippen molar-refractivity contribution in [1.29, 1.82) is 0 Å². The quantitative estimate of drug-likeness (QED) is 0.125. The molecule has 1 fully saturated rings. The Hall–Kier alpha value is -3.03. The molecule has 5 aromatic rings. The van der Waals surface area contributed by atoms with Crippen LogP contribution in [0.2, 0.25) is 25.7 Å². The Morgan fingerprint density at radius 3 is 2.72 bits per heavy atom. The van der Waals surface area contributed by atoms with E-state index in [1.54, 1.807) is 15.4 Å². The van der Waals surface area contributed by atoms with Gasteiger partial charge in [-0.1, -0.05) is 37.8 Å². The van der Waals surface area contributed by atoms with Crippen LogP contribution in [-0.4, -0.2) is 49.9 Å². The van der Waals surface area contributed by atoms with Crippen LogP contribution in [0.15, 0.2) is 66.0 Å². The van der Waals surface area contributed by atoms with Crippen molar-refractivity contribution in [3.05, 3.63) is 80.9 Å². The largest absolute Gasteiger partial charge is 0.361 e. The number of hydrogen-bond acceptors (Lipinski definition) is 6. The summed E-state index contributed by atoms with van der Waals surface area (Å²) in [4.78, 5) is 25.4. The molecule has 4 aromatic heterocycles. The Bertz CT molecular complexity index is 1690. The molecule has 0 unspecified atom stereocenters. The van der Waals surface area contributed by atoms with Crippen LogP contribution in [0.3, 0.4) is 0 Å². The highest BCUT2D eigenvalue weighted by Crippen LogP contribution is 2.39. The molecule has 1 aromatic carbocycles. The van der Waals surface area contributed by atoms with Crippen molar-refractivity contribution in [1.82, 2.24) is 28.7 Å². The number of aromatic nitrogens is 6. The van der Waals surface area contributed by atoms with Gasteiger partial charge in [0.15, 0.2) is 5.82 Å². The fourth-order valence-electron chi connectivity index (χ4n) is 5.25. The van der Waals surface area contributed by atoms with Gasteiger partial charge >= 0.3 is 0 Å². The Labute approximate surface area is 241 Å². The molecule has 11 heteroatoms. The van der Waals surface area contributed by atoms with Crippen molar-refractivity contribution >= 4 is 53.0 Å². The lowest BCUT2D eigenvalue weighted by Crippen LogP contribution is -2.33. The Morgan fingerprint density at radius 2 is 1.92 bits per heavy atom. The second-order valence-corrected chi connectivity index (χ2v) is 18.0. The van der Waals surface area contributed by atoms with E-state index in [9.17, 15) is 4.79 Å². The first-order chi connectivity index (χ1) is 18.8. The summed E-state index contributed by atoms with van der Waals surface area (Å²) in [5.74, 6) is 1.58. The van der Waals surface area contributed by atoms with E-state index in [0.29, 0.717) is 18.1 Å². The summed E-state index contributed by atoms with van der Waals surface area (Å²) in [6.45, 7) is 9.11. The molecule has 39 heavy (non-hydrogen) atoms. The van der Waals surface area contributed by atoms with Gasteiger partial charge in [-0.15, -0.1) is 0 Å². The van der Waals surface area contributed by atoms with Gasteiger partial charge in [0, 0.05) is 37.2 Å². The van der Waals surface area contributed by atoms with Crippen molar-refractivity contribution in [3.8, 4) is 5.69 Å². The second kappa shape index (κ2) is 10.5. The minimum atomic E-state index is -1.16. The van der Waals surface area contributed by atoms with Gasteiger partial charge < -0.3 is 14.2 Å². The molecular formula is C28H32IN7O2Si. The Morgan fingerprint density at radius 1 is 1.10 bits per heavy atom. The van der Waals surface area contributed by atoms with E-state index in [2.05, 4.69) is 62.9 Å². The van der Waals surface area contributed by atoms with E-state index in [1.165, 1.54) is 0 Å². The molecule has 1 saturated heterocycles. The molecule has 1 aliphatic rings. The molecule has 0 N–H and O–H groups in total. The Balaban J connectivity index is 1.41. The van der Waals surface area contributed by atoms with Crippen LogP contribution in [0.25, 0.3) is 22.2 Å². The summed E-state index contributed by atoms with van der Waals surface area (Å²) in [5, 5.41) is 5.99. The van der Waals surface area contributed by atoms with E-state index in [-0.39, 0.29) is 11.6 Å². The van der Waals surface area contributed by atoms with Gasteiger partial charge in [-0.05, 0) is 65.7 Å². The fraction of sp³-hybridized carbons (Fsp3) is 0.357. The number of rotatable bonds is 8. The fourth-order valence-corrected chi connectivity index (χ4v) is 6.83. The summed E-state index contributed by atoms with van der Waals surface area (Å²) >= 11 is 2.37. The highest BCUT2D eigenvalue weighted by atomic mass is 127. The maximum Gasteiger partial charge on any atom is 0.282 e. The topological polar surface area (TPSA) is 82.5 Å². The van der Waals surface area contributed by atoms with Crippen molar-refractivity contribution in [2.24, 2.45) is 0 Å². The minimum Gasteiger partial charge on any atom is -0.361 e. The normalized spacial score (nSPS) is 16.1. The predicted molar refractivity (Wildman–Crippen MR) is 164 cm³/mol. The molecule has 1 atom stereocenters. The van der Waals surface area contributed by atoms with Crippen molar-refractivity contribution < 1.29 is 4.74 Å². The molecule has 202 valence electrons. The molecule has 1 aliphatic heterocycles. The first kappa shape index (κ1) is 26.2. The number of para-hydroxylation sites is 1. The maximum absolute atomic E-state index is 13.7. The minimum absolute atomic E-state index is 0.0768. The number of nitrogens with zero attached hydrogens (tertiary/aromatic N) is 7. The van der Waals surface area contributed by atoms with Crippen LogP contribution >= 0.6 is 22.6 Å². The van der Waals surface area contributed by atoms with E-state index in [1.807, 2.05) is 48.7 Å². The van der Waals surface area contributed by atoms with Crippen LogP contribution < -0.4 is 10.5 Å². The van der Waals surface area contributed by atoms with E-state index >= 15 is 0 Å². The number of hydrogen-bond donors (Lipinski definition) is 0. The van der Waals surface area contributed by atoms with Crippen molar-refractivity contribution in [2.45, 2.75) is 51.3 Å². The third-order valence-corrected chi connectivity index (χ3v) is 9.76. The van der Waals surface area contributed by atoms with Crippen molar-refractivity contribution in [3.63, 3.8) is 0 Å². The van der Waals surface area contributed by atoms with Crippen LogP contribution in [-0.2, 0) is 11.5 Å². The number of benzene rings is 1. The first-order valence-corrected chi connectivity index (χ1v) is 18.1. The number of fused-ring (bicyclic) bond motifs is 2. The number of anilines is 1. The summed E-state index contributed by atoms with van der Waals surface area (Å²) in [7, 11) is -1.16. The monoisotopic (exact) mass is 653 g/mol. The zero-order chi connectivity index (χ0) is 27.1. The maximum atomic E-state index is 13.7. The van der Waals surface area contributed by atoms with Gasteiger partial charge in [0.2, 0.25) is 0 Å². The zero-order valence-corrected chi connectivity index (χ0v) is 25.6. The summed E-state index contributed by atoms with van der Waals surface area (Å²) in [6.07, 6.45) is 7.40. The molecule has 0 bridgehead atoms. The number of halogens is 1. The lowest BCUT2D eigenvalue weighted by atomic mass is 10.2. The van der Waals surface area contributed by atoms with Crippen LogP contribution in [0.1, 0.15) is 24.7 Å². The molecule has 0 radical (unpaired) electrons. The third kappa shape index (κ3) is 5.02. The van der Waals surface area contributed by atoms with E-state index in [0.717, 1.165) is 58.1 Å². The van der Waals surface area contributed by atoms with Gasteiger partial charge in [0.1, 0.15) is 30.0 Å². The summed E-state index contributed by atoms with van der Waals surface area (Å²) in [6, 6.07) is 14.5. The van der Waals surface area contributed by atoms with Crippen LogP contribution in [0.4, 0.5) is 5.82 Å². The van der Waals surface area contributed by atoms with E-state index < -0.39 is 8.07 Å². The van der Waals surface area contributed by atoms with Crippen LogP contribution in [0, 0.1) is 3.57 Å². The average molecular weight is 654 g/mol. The SMILES string of the molecule is C[Si](C)(C)CCOCn1cc(I)c2c(N3CCC[C@H]3c3nn4cccc4c(=O)n3-c3ccccc3)ncnc21. The summed E-state index contributed by atoms with van der Waals surface area (Å²) in [5.41, 5.74) is 2.14. The van der Waals surface area contributed by atoms with Gasteiger partial charge in [-0.25, -0.2) is 14.5 Å². The molecule has 0 amide bonds. The molecular weight excluding hydrogens is 621 g/mol. The Kier molecular flexibility index (Phi) is 7.06. The van der Waals surface area contributed by atoms with Gasteiger partial charge in [-0.2, -0.15) is 5.10 Å². The first-order valence-electron chi connectivity index (χ1n) is 13.3. The van der Waals surface area contributed by atoms with Gasteiger partial charge in [0.05, 0.1) is 17.1 Å². The summed E-state index contributed by atoms with van der Waals surface area (Å²) < 4.78 is 12.7. The van der Waals surface area contributed by atoms with E-state index in [4.69, 9.17) is 14.8 Å². The molecule has 6 rings (SSSR count). The van der Waals surface area contributed by atoms with Crippen molar-refractivity contribution in [2.75, 3.05) is 18.1 Å². The predicted octanol–water partition coefficient (Wildman–Crippen LogP) is 5.49. The molecule has 0 saturated carbocycles. The van der Waals surface area contributed by atoms with Gasteiger partial charge in [-0.3, -0.25) is 9.36 Å². The second-order valence-electron chi connectivity index (χ2n) is 11.2. The standard InChI is InChI=1S/C28H32IN7O2Si/c1-39(2,3)16-15-38-19-33-17-21(29)24-26(33)30-18-31-27(24)34-13-7-11-22(34)25-32-35-14-8-12-23(35)28(37)36(25)20-9-5-4-6-10-20/h4-6,8-10,12,14,17-18,22H,7,11,13,15-16,19H2,1-3H3/t22-/m0/s1. The lowest BCUT2D eigenvalue weighted by Gasteiger charge is -2.27. The molecule has 0 aliphatic carbocycles. The smallest absolute Gasteiger partial charge is 0.282 e. The highest BCUT2D eigenvalue weighted by Gasteiger charge is 2.34. The molecule has 0 spiro atoms. The number of ether oxygens (including phenoxy) is 1. The lowest BCUT2D eigenvalue weighted by molar-refractivity contribution is 0.0898. The third-order valence-electron chi connectivity index (χ3n) is 7.24. The zero-order valence-electron chi connectivity index (χ0n) is 22.4. The van der Waals surface area contributed by atoms with Gasteiger partial charge in [0.25, 0.3) is 5.56 Å². The highest BCUT2D eigenvalue weighted by molar-refractivity contribution is 14.1. The molecule has 9 nitrogen and oxygen atoms in total.